The Kier molecular flexibility index (Phi) is 10.7. The van der Waals surface area contributed by atoms with Gasteiger partial charge in [0.1, 0.15) is 5.82 Å². The molecule has 6 nitrogen and oxygen atoms in total. The maximum atomic E-state index is 13.1. The van der Waals surface area contributed by atoms with Crippen LogP contribution in [0.4, 0.5) is 4.39 Å². The zero-order valence-electron chi connectivity index (χ0n) is 19.0. The first-order valence-electron chi connectivity index (χ1n) is 11.0. The van der Waals surface area contributed by atoms with Crippen molar-refractivity contribution in [1.82, 2.24) is 4.98 Å². The largest absolute Gasteiger partial charge is 0.490 e. The molecule has 0 spiro atoms. The van der Waals surface area contributed by atoms with E-state index in [1.807, 2.05) is 0 Å². The molecule has 0 saturated heterocycles. The molecule has 32 heavy (non-hydrogen) atoms. The first-order chi connectivity index (χ1) is 15.4. The van der Waals surface area contributed by atoms with Crippen LogP contribution in [0.15, 0.2) is 34.9 Å². The summed E-state index contributed by atoms with van der Waals surface area (Å²) < 4.78 is 28.8. The van der Waals surface area contributed by atoms with Gasteiger partial charge < -0.3 is 14.2 Å². The Hall–Kier alpha value is -2.41. The van der Waals surface area contributed by atoms with Gasteiger partial charge in [-0.3, -0.25) is 9.59 Å². The van der Waals surface area contributed by atoms with Crippen LogP contribution in [0.3, 0.4) is 0 Å². The molecule has 1 aliphatic rings. The van der Waals surface area contributed by atoms with E-state index in [0.29, 0.717) is 24.2 Å². The standard InChI is InChI=1S/C24H31ClFNO5/c1-16-18(21(29)23(31-3)22(30-2)20(16)28)12-10-8-6-4-5-7-9-11-13-32-19-14-17(26)15-27-24(19)25/h14-15H,4-13H2,1-3H3. The van der Waals surface area contributed by atoms with Gasteiger partial charge in [-0.15, -0.1) is 0 Å². The third kappa shape index (κ3) is 7.05. The highest BCUT2D eigenvalue weighted by molar-refractivity contribution is 6.30. The zero-order valence-corrected chi connectivity index (χ0v) is 19.7. The first kappa shape index (κ1) is 25.8. The Morgan fingerprint density at radius 2 is 1.47 bits per heavy atom. The number of methoxy groups -OCH3 is 2. The number of ketones is 2. The van der Waals surface area contributed by atoms with Crippen molar-refractivity contribution in [2.24, 2.45) is 0 Å². The van der Waals surface area contributed by atoms with Crippen molar-refractivity contribution >= 4 is 23.2 Å². The first-order valence-corrected chi connectivity index (χ1v) is 11.3. The second-order valence-electron chi connectivity index (χ2n) is 7.70. The molecule has 8 heteroatoms. The molecule has 0 aromatic carbocycles. The highest BCUT2D eigenvalue weighted by Gasteiger charge is 2.34. The van der Waals surface area contributed by atoms with Crippen molar-refractivity contribution in [3.63, 3.8) is 0 Å². The van der Waals surface area contributed by atoms with Gasteiger partial charge in [0, 0.05) is 17.2 Å². The monoisotopic (exact) mass is 467 g/mol. The van der Waals surface area contributed by atoms with Crippen molar-refractivity contribution in [2.45, 2.75) is 64.7 Å². The van der Waals surface area contributed by atoms with Gasteiger partial charge in [0.2, 0.25) is 23.1 Å². The number of aromatic nitrogens is 1. The summed E-state index contributed by atoms with van der Waals surface area (Å²) in [4.78, 5) is 28.7. The zero-order chi connectivity index (χ0) is 23.5. The van der Waals surface area contributed by atoms with Gasteiger partial charge in [0.15, 0.2) is 10.9 Å². The quantitative estimate of drug-likeness (QED) is 0.197. The summed E-state index contributed by atoms with van der Waals surface area (Å²) in [7, 11) is 2.74. The van der Waals surface area contributed by atoms with Crippen molar-refractivity contribution in [3.05, 3.63) is 45.9 Å². The molecule has 1 heterocycles. The number of rotatable bonds is 14. The summed E-state index contributed by atoms with van der Waals surface area (Å²) >= 11 is 5.86. The maximum Gasteiger partial charge on any atom is 0.228 e. The van der Waals surface area contributed by atoms with Crippen LogP contribution in [0.25, 0.3) is 0 Å². The second kappa shape index (κ2) is 13.2. The van der Waals surface area contributed by atoms with E-state index in [2.05, 4.69) is 4.98 Å². The minimum absolute atomic E-state index is 0.00184. The predicted octanol–water partition coefficient (Wildman–Crippen LogP) is 5.74. The minimum Gasteiger partial charge on any atom is -0.490 e. The van der Waals surface area contributed by atoms with Crippen LogP contribution in [0.2, 0.25) is 5.15 Å². The van der Waals surface area contributed by atoms with Crippen LogP contribution < -0.4 is 4.74 Å². The lowest BCUT2D eigenvalue weighted by molar-refractivity contribution is -0.121. The number of hydrogen-bond donors (Lipinski definition) is 0. The Bertz CT molecular complexity index is 881. The number of unbranched alkanes of at least 4 members (excludes halogenated alkanes) is 7. The van der Waals surface area contributed by atoms with Crippen molar-refractivity contribution < 1.29 is 28.2 Å². The second-order valence-corrected chi connectivity index (χ2v) is 8.06. The number of carbonyl (C=O) groups is 2. The third-order valence-electron chi connectivity index (χ3n) is 5.45. The van der Waals surface area contributed by atoms with E-state index < -0.39 is 5.82 Å². The van der Waals surface area contributed by atoms with Crippen LogP contribution in [0.5, 0.6) is 5.75 Å². The number of halogens is 2. The molecule has 2 rings (SSSR count). The Morgan fingerprint density at radius 1 is 0.906 bits per heavy atom. The fourth-order valence-corrected chi connectivity index (χ4v) is 3.80. The van der Waals surface area contributed by atoms with Gasteiger partial charge in [0.05, 0.1) is 27.0 Å². The molecule has 0 N–H and O–H groups in total. The molecular formula is C24H31ClFNO5. The molecule has 1 aromatic heterocycles. The molecule has 1 aromatic rings. The summed E-state index contributed by atoms with van der Waals surface area (Å²) in [6, 6.07) is 1.24. The minimum atomic E-state index is -0.467. The van der Waals surface area contributed by atoms with Crippen molar-refractivity contribution in [2.75, 3.05) is 20.8 Å². The number of hydrogen-bond acceptors (Lipinski definition) is 6. The number of ether oxygens (including phenoxy) is 3. The molecule has 0 atom stereocenters. The molecule has 176 valence electrons. The average molecular weight is 468 g/mol. The number of carbonyl (C=O) groups excluding carboxylic acids is 2. The van der Waals surface area contributed by atoms with Crippen LogP contribution in [-0.4, -0.2) is 37.4 Å². The van der Waals surface area contributed by atoms with Crippen LogP contribution in [0, 0.1) is 5.82 Å². The summed E-state index contributed by atoms with van der Waals surface area (Å²) in [5, 5.41) is 0.172. The molecule has 0 saturated carbocycles. The third-order valence-corrected chi connectivity index (χ3v) is 5.73. The molecule has 0 aliphatic heterocycles. The van der Waals surface area contributed by atoms with E-state index in [0.717, 1.165) is 57.6 Å². The highest BCUT2D eigenvalue weighted by atomic mass is 35.5. The fourth-order valence-electron chi connectivity index (χ4n) is 3.64. The number of Topliss-reactive ketones (excluding diaryl/α,β-unsaturated/α-hetero) is 2. The molecular weight excluding hydrogens is 437 g/mol. The molecule has 0 amide bonds. The molecule has 0 radical (unpaired) electrons. The van der Waals surface area contributed by atoms with Gasteiger partial charge in [0.25, 0.3) is 0 Å². The summed E-state index contributed by atoms with van der Waals surface area (Å²) in [6.07, 6.45) is 9.77. The number of pyridine rings is 1. The van der Waals surface area contributed by atoms with Gasteiger partial charge >= 0.3 is 0 Å². The Morgan fingerprint density at radius 3 is 2.09 bits per heavy atom. The summed E-state index contributed by atoms with van der Waals surface area (Å²) in [6.45, 7) is 2.15. The average Bonchev–Trinajstić information content (AvgIpc) is 2.78. The van der Waals surface area contributed by atoms with Gasteiger partial charge in [-0.1, -0.05) is 50.1 Å². The van der Waals surface area contributed by atoms with E-state index in [-0.39, 0.29) is 34.0 Å². The Labute approximate surface area is 193 Å². The maximum absolute atomic E-state index is 13.1. The van der Waals surface area contributed by atoms with Gasteiger partial charge in [-0.2, -0.15) is 0 Å². The van der Waals surface area contributed by atoms with E-state index in [4.69, 9.17) is 25.8 Å². The van der Waals surface area contributed by atoms with Crippen molar-refractivity contribution in [1.29, 1.82) is 0 Å². The van der Waals surface area contributed by atoms with E-state index in [1.165, 1.54) is 20.3 Å². The van der Waals surface area contributed by atoms with Crippen LogP contribution >= 0.6 is 11.6 Å². The molecule has 0 fully saturated rings. The molecule has 0 unspecified atom stereocenters. The lowest BCUT2D eigenvalue weighted by Gasteiger charge is -2.20. The van der Waals surface area contributed by atoms with Gasteiger partial charge in [-0.25, -0.2) is 9.37 Å². The summed E-state index contributed by atoms with van der Waals surface area (Å²) in [5.74, 6) is -0.733. The normalized spacial score (nSPS) is 14.3. The Balaban J connectivity index is 1.57. The SMILES string of the molecule is COC1=C(OC)C(=O)C(CCCCCCCCCCOc2cc(F)cnc2Cl)=C(C)C1=O. The van der Waals surface area contributed by atoms with Crippen LogP contribution in [-0.2, 0) is 19.1 Å². The highest BCUT2D eigenvalue weighted by Crippen LogP contribution is 2.29. The topological polar surface area (TPSA) is 74.7 Å². The lowest BCUT2D eigenvalue weighted by atomic mass is 9.89. The molecule has 1 aliphatic carbocycles. The number of nitrogens with zero attached hydrogens (tertiary/aromatic N) is 1. The smallest absolute Gasteiger partial charge is 0.228 e. The van der Waals surface area contributed by atoms with Crippen LogP contribution in [0.1, 0.15) is 64.7 Å². The summed E-state index contributed by atoms with van der Waals surface area (Å²) in [5.41, 5.74) is 0.978. The lowest BCUT2D eigenvalue weighted by Crippen LogP contribution is -2.25. The van der Waals surface area contributed by atoms with Gasteiger partial charge in [-0.05, 0) is 26.2 Å². The number of allylic oxidation sites excluding steroid dienone is 2. The van der Waals surface area contributed by atoms with Crippen molar-refractivity contribution in [3.8, 4) is 5.75 Å². The molecule has 0 bridgehead atoms. The van der Waals surface area contributed by atoms with E-state index >= 15 is 0 Å². The van der Waals surface area contributed by atoms with E-state index in [1.54, 1.807) is 6.92 Å². The predicted molar refractivity (Wildman–Crippen MR) is 120 cm³/mol. The van der Waals surface area contributed by atoms with E-state index in [9.17, 15) is 14.0 Å². The fraction of sp³-hybridized carbons (Fsp3) is 0.542.